The summed E-state index contributed by atoms with van der Waals surface area (Å²) in [6, 6.07) is 2.07. The van der Waals surface area contributed by atoms with Gasteiger partial charge in [0.15, 0.2) is 0 Å². The van der Waals surface area contributed by atoms with Crippen molar-refractivity contribution >= 4 is 0 Å². The number of rotatable bonds is 5. The van der Waals surface area contributed by atoms with E-state index < -0.39 is 0 Å². The summed E-state index contributed by atoms with van der Waals surface area (Å²) >= 11 is 0. The largest absolute Gasteiger partial charge is 0.495 e. The number of pyridine rings is 1. The molecule has 118 valence electrons. The van der Waals surface area contributed by atoms with Gasteiger partial charge in [-0.05, 0) is 44.5 Å². The van der Waals surface area contributed by atoms with Crippen LogP contribution in [0.1, 0.15) is 44.2 Å². The Morgan fingerprint density at radius 3 is 2.81 bits per heavy atom. The molecule has 5 heteroatoms. The number of methoxy groups -OCH3 is 1. The quantitative estimate of drug-likeness (QED) is 0.643. The Morgan fingerprint density at radius 2 is 2.24 bits per heavy atom. The molecule has 0 aromatic carbocycles. The van der Waals surface area contributed by atoms with Crippen LogP contribution in [0.15, 0.2) is 18.5 Å². The molecule has 1 aliphatic rings. The second kappa shape index (κ2) is 6.73. The molecule has 3 atom stereocenters. The number of nitrogens with two attached hydrogens (primary N) is 1. The van der Waals surface area contributed by atoms with Crippen LogP contribution in [0.3, 0.4) is 0 Å². The first-order valence-corrected chi connectivity index (χ1v) is 7.66. The van der Waals surface area contributed by atoms with Crippen molar-refractivity contribution in [2.75, 3.05) is 21.2 Å². The minimum absolute atomic E-state index is 0.0143. The van der Waals surface area contributed by atoms with Gasteiger partial charge >= 0.3 is 0 Å². The predicted molar refractivity (Wildman–Crippen MR) is 84.9 cm³/mol. The summed E-state index contributed by atoms with van der Waals surface area (Å²) in [5, 5.41) is 0. The molecule has 0 bridgehead atoms. The standard InChI is InChI=1S/C16H28N4O/c1-12-6-5-7-16(9-12,20(2)3)15(19-17)13-8-14(21-4)11-18-10-13/h8,10-12,15,19H,5-7,9,17H2,1-4H3. The lowest BCUT2D eigenvalue weighted by Crippen LogP contribution is -2.57. The van der Waals surface area contributed by atoms with Crippen LogP contribution >= 0.6 is 0 Å². The summed E-state index contributed by atoms with van der Waals surface area (Å²) in [5.74, 6) is 7.42. The van der Waals surface area contributed by atoms with E-state index in [0.717, 1.165) is 24.2 Å². The van der Waals surface area contributed by atoms with E-state index in [1.807, 2.05) is 12.3 Å². The van der Waals surface area contributed by atoms with Crippen LogP contribution in [0.25, 0.3) is 0 Å². The van der Waals surface area contributed by atoms with Crippen LogP contribution in [0.2, 0.25) is 0 Å². The summed E-state index contributed by atoms with van der Waals surface area (Å²) in [6.07, 6.45) is 8.40. The Kier molecular flexibility index (Phi) is 5.19. The van der Waals surface area contributed by atoms with Gasteiger partial charge in [-0.25, -0.2) is 0 Å². The molecule has 3 N–H and O–H groups in total. The zero-order valence-corrected chi connectivity index (χ0v) is 13.6. The molecule has 1 fully saturated rings. The predicted octanol–water partition coefficient (Wildman–Crippen LogP) is 2.11. The molecule has 0 radical (unpaired) electrons. The minimum Gasteiger partial charge on any atom is -0.495 e. The lowest BCUT2D eigenvalue weighted by Gasteiger charge is -2.50. The van der Waals surface area contributed by atoms with Crippen molar-refractivity contribution in [3.05, 3.63) is 24.0 Å². The molecule has 5 nitrogen and oxygen atoms in total. The molecule has 1 aromatic rings. The molecule has 1 aromatic heterocycles. The van der Waals surface area contributed by atoms with Crippen LogP contribution in [-0.2, 0) is 0 Å². The summed E-state index contributed by atoms with van der Waals surface area (Å²) in [5.41, 5.74) is 4.14. The highest BCUT2D eigenvalue weighted by atomic mass is 16.5. The van der Waals surface area contributed by atoms with Crippen LogP contribution in [0, 0.1) is 5.92 Å². The van der Waals surface area contributed by atoms with Gasteiger partial charge in [0, 0.05) is 11.7 Å². The smallest absolute Gasteiger partial charge is 0.137 e. The number of aromatic nitrogens is 1. The van der Waals surface area contributed by atoms with Crippen LogP contribution in [0.5, 0.6) is 5.75 Å². The van der Waals surface area contributed by atoms with Crippen molar-refractivity contribution in [2.45, 2.75) is 44.2 Å². The van der Waals surface area contributed by atoms with Crippen molar-refractivity contribution in [2.24, 2.45) is 11.8 Å². The van der Waals surface area contributed by atoms with Gasteiger partial charge in [-0.3, -0.25) is 16.3 Å². The first-order chi connectivity index (χ1) is 10.0. The second-order valence-electron chi connectivity index (χ2n) is 6.46. The SMILES string of the molecule is COc1cncc(C(NN)C2(N(C)C)CCCC(C)C2)c1. The number of hydrogen-bond acceptors (Lipinski definition) is 5. The van der Waals surface area contributed by atoms with E-state index in [4.69, 9.17) is 10.6 Å². The van der Waals surface area contributed by atoms with Crippen molar-refractivity contribution in [1.29, 1.82) is 0 Å². The third-order valence-electron chi connectivity index (χ3n) is 4.91. The molecular formula is C16H28N4O. The molecule has 0 saturated heterocycles. The fourth-order valence-corrected chi connectivity index (χ4v) is 3.76. The molecule has 0 spiro atoms. The van der Waals surface area contributed by atoms with Gasteiger partial charge in [0.25, 0.3) is 0 Å². The Morgan fingerprint density at radius 1 is 1.48 bits per heavy atom. The van der Waals surface area contributed by atoms with Crippen LogP contribution in [-0.4, -0.2) is 36.6 Å². The van der Waals surface area contributed by atoms with Crippen LogP contribution < -0.4 is 16.0 Å². The molecule has 21 heavy (non-hydrogen) atoms. The molecule has 1 heterocycles. The van der Waals surface area contributed by atoms with E-state index >= 15 is 0 Å². The van der Waals surface area contributed by atoms with E-state index in [1.165, 1.54) is 12.8 Å². The monoisotopic (exact) mass is 292 g/mol. The lowest BCUT2D eigenvalue weighted by molar-refractivity contribution is 0.0365. The number of nitrogens with one attached hydrogen (secondary N) is 1. The highest BCUT2D eigenvalue weighted by molar-refractivity contribution is 5.29. The fraction of sp³-hybridized carbons (Fsp3) is 0.688. The number of nitrogens with zero attached hydrogens (tertiary/aromatic N) is 2. The van der Waals surface area contributed by atoms with Crippen molar-refractivity contribution in [1.82, 2.24) is 15.3 Å². The average Bonchev–Trinajstić information content (AvgIpc) is 2.48. The Labute approximate surface area is 127 Å². The number of hydrazine groups is 1. The Bertz CT molecular complexity index is 465. The summed E-state index contributed by atoms with van der Waals surface area (Å²) < 4.78 is 5.31. The number of hydrogen-bond donors (Lipinski definition) is 2. The molecule has 1 aliphatic carbocycles. The maximum Gasteiger partial charge on any atom is 0.137 e. The first-order valence-electron chi connectivity index (χ1n) is 7.66. The normalized spacial score (nSPS) is 27.6. The van der Waals surface area contributed by atoms with Gasteiger partial charge < -0.3 is 9.64 Å². The topological polar surface area (TPSA) is 63.4 Å². The molecule has 3 unspecified atom stereocenters. The summed E-state index contributed by atoms with van der Waals surface area (Å²) in [4.78, 5) is 6.62. The van der Waals surface area contributed by atoms with Gasteiger partial charge in [-0.1, -0.05) is 19.8 Å². The summed E-state index contributed by atoms with van der Waals surface area (Å²) in [6.45, 7) is 2.33. The van der Waals surface area contributed by atoms with E-state index in [2.05, 4.69) is 36.3 Å². The van der Waals surface area contributed by atoms with Crippen molar-refractivity contribution in [3.63, 3.8) is 0 Å². The summed E-state index contributed by atoms with van der Waals surface area (Å²) in [7, 11) is 5.96. The first kappa shape index (κ1) is 16.2. The van der Waals surface area contributed by atoms with Gasteiger partial charge in [-0.2, -0.15) is 0 Å². The Balaban J connectivity index is 2.39. The molecule has 0 aliphatic heterocycles. The lowest BCUT2D eigenvalue weighted by atomic mass is 9.70. The van der Waals surface area contributed by atoms with Gasteiger partial charge in [0.1, 0.15) is 5.75 Å². The van der Waals surface area contributed by atoms with Gasteiger partial charge in [-0.15, -0.1) is 0 Å². The third kappa shape index (κ3) is 3.20. The molecule has 0 amide bonds. The van der Waals surface area contributed by atoms with E-state index in [0.29, 0.717) is 5.92 Å². The average molecular weight is 292 g/mol. The maximum atomic E-state index is 5.95. The van der Waals surface area contributed by atoms with E-state index in [9.17, 15) is 0 Å². The van der Waals surface area contributed by atoms with Gasteiger partial charge in [0.05, 0.1) is 19.3 Å². The fourth-order valence-electron chi connectivity index (χ4n) is 3.76. The number of ether oxygens (including phenoxy) is 1. The Hall–Kier alpha value is -1.17. The maximum absolute atomic E-state index is 5.95. The highest BCUT2D eigenvalue weighted by Crippen LogP contribution is 2.43. The molecule has 2 rings (SSSR count). The number of likely N-dealkylation sites (N-methyl/N-ethyl adjacent to an activating group) is 1. The molecule has 1 saturated carbocycles. The minimum atomic E-state index is 0.0143. The van der Waals surface area contributed by atoms with E-state index in [1.54, 1.807) is 13.3 Å². The second-order valence-corrected chi connectivity index (χ2v) is 6.46. The zero-order chi connectivity index (χ0) is 15.5. The highest BCUT2D eigenvalue weighted by Gasteiger charge is 2.44. The van der Waals surface area contributed by atoms with E-state index in [-0.39, 0.29) is 11.6 Å². The van der Waals surface area contributed by atoms with Crippen molar-refractivity contribution < 1.29 is 4.74 Å². The zero-order valence-electron chi connectivity index (χ0n) is 13.6. The van der Waals surface area contributed by atoms with Gasteiger partial charge in [0.2, 0.25) is 0 Å². The molecular weight excluding hydrogens is 264 g/mol. The van der Waals surface area contributed by atoms with Crippen molar-refractivity contribution in [3.8, 4) is 5.75 Å². The third-order valence-corrected chi connectivity index (χ3v) is 4.91. The van der Waals surface area contributed by atoms with Crippen LogP contribution in [0.4, 0.5) is 0 Å².